The largest absolute Gasteiger partial charge is 0.478 e. The minimum absolute atomic E-state index is 0. The zero-order valence-electron chi connectivity index (χ0n) is 10.4. The van der Waals surface area contributed by atoms with Crippen LogP contribution in [0.15, 0.2) is 43.0 Å². The Labute approximate surface area is 127 Å². The molecule has 2 aromatic rings. The third-order valence-electron chi connectivity index (χ3n) is 1.80. The fourth-order valence-electron chi connectivity index (χ4n) is 1.01. The maximum absolute atomic E-state index is 10.1. The molecule has 7 nitrogen and oxygen atoms in total. The Morgan fingerprint density at radius 3 is 2.35 bits per heavy atom. The van der Waals surface area contributed by atoms with Crippen LogP contribution >= 0.6 is 0 Å². The van der Waals surface area contributed by atoms with Gasteiger partial charge in [-0.2, -0.15) is 0 Å². The first-order valence-electron chi connectivity index (χ1n) is 5.13. The van der Waals surface area contributed by atoms with Gasteiger partial charge in [-0.05, 0) is 18.2 Å². The van der Waals surface area contributed by atoms with Crippen molar-refractivity contribution in [2.24, 2.45) is 0 Å². The molecule has 20 heavy (non-hydrogen) atoms. The molecule has 0 aromatic carbocycles. The molecule has 0 atom stereocenters. The number of nitrogens with zero attached hydrogens (tertiary/aromatic N) is 2. The van der Waals surface area contributed by atoms with Crippen LogP contribution in [0.1, 0.15) is 16.2 Å². The number of nitrogens with one attached hydrogen (secondary N) is 1. The third-order valence-corrected chi connectivity index (χ3v) is 1.80. The number of rotatable bonds is 3. The SMILES string of the molecule is O=C(O)/C=C\c1c[nH]cn1.O=C(O)c1ccccn1.[Zn]. The standard InChI is InChI=1S/C6H6N2O2.C6H5NO2.Zn/c9-6(10)2-1-5-3-7-4-8-5;8-6(9)5-3-1-2-4-7-5;/h1-4H,(H,7,8)(H,9,10);1-4H,(H,8,9);/b2-1-;;. The number of carboxylic acids is 2. The number of H-pyrrole nitrogens is 1. The van der Waals surface area contributed by atoms with E-state index in [0.29, 0.717) is 5.69 Å². The van der Waals surface area contributed by atoms with E-state index in [-0.39, 0.29) is 25.2 Å². The number of aromatic carboxylic acids is 1. The minimum Gasteiger partial charge on any atom is -0.478 e. The number of aromatic nitrogens is 3. The van der Waals surface area contributed by atoms with Crippen LogP contribution in [0.5, 0.6) is 0 Å². The van der Waals surface area contributed by atoms with Gasteiger partial charge in [-0.3, -0.25) is 0 Å². The van der Waals surface area contributed by atoms with Crippen LogP contribution in [0.3, 0.4) is 0 Å². The summed E-state index contributed by atoms with van der Waals surface area (Å²) in [7, 11) is 0. The topological polar surface area (TPSA) is 116 Å². The van der Waals surface area contributed by atoms with E-state index in [2.05, 4.69) is 15.0 Å². The molecule has 100 valence electrons. The van der Waals surface area contributed by atoms with Crippen LogP contribution in [-0.2, 0) is 24.3 Å². The first kappa shape index (κ1) is 17.7. The molecule has 0 unspecified atom stereocenters. The van der Waals surface area contributed by atoms with Gasteiger partial charge < -0.3 is 15.2 Å². The Kier molecular flexibility index (Phi) is 8.46. The average molecular weight is 327 g/mol. The Morgan fingerprint density at radius 2 is 1.95 bits per heavy atom. The van der Waals surface area contributed by atoms with Crippen molar-refractivity contribution in [3.8, 4) is 0 Å². The summed E-state index contributed by atoms with van der Waals surface area (Å²) in [5, 5.41) is 16.5. The second kappa shape index (κ2) is 9.57. The summed E-state index contributed by atoms with van der Waals surface area (Å²) in [6, 6.07) is 4.76. The number of hydrogen-bond donors (Lipinski definition) is 3. The molecule has 0 saturated heterocycles. The van der Waals surface area contributed by atoms with Crippen molar-refractivity contribution in [2.45, 2.75) is 0 Å². The maximum Gasteiger partial charge on any atom is 0.354 e. The quantitative estimate of drug-likeness (QED) is 0.578. The van der Waals surface area contributed by atoms with E-state index >= 15 is 0 Å². The van der Waals surface area contributed by atoms with E-state index in [1.165, 1.54) is 24.7 Å². The fourth-order valence-corrected chi connectivity index (χ4v) is 1.01. The van der Waals surface area contributed by atoms with Gasteiger partial charge >= 0.3 is 11.9 Å². The molecule has 0 aliphatic heterocycles. The van der Waals surface area contributed by atoms with E-state index in [1.807, 2.05) is 0 Å². The van der Waals surface area contributed by atoms with Crippen molar-refractivity contribution < 1.29 is 39.3 Å². The molecule has 0 fully saturated rings. The summed E-state index contributed by atoms with van der Waals surface area (Å²) in [5.41, 5.74) is 0.694. The van der Waals surface area contributed by atoms with Gasteiger partial charge in [0.1, 0.15) is 5.69 Å². The van der Waals surface area contributed by atoms with Crippen LogP contribution in [0, 0.1) is 0 Å². The normalized spacial score (nSPS) is 9.20. The van der Waals surface area contributed by atoms with Gasteiger partial charge in [0.25, 0.3) is 0 Å². The summed E-state index contributed by atoms with van der Waals surface area (Å²) < 4.78 is 0. The van der Waals surface area contributed by atoms with Crippen LogP contribution < -0.4 is 0 Å². The van der Waals surface area contributed by atoms with E-state index in [9.17, 15) is 9.59 Å². The Balaban J connectivity index is 0.000000345. The van der Waals surface area contributed by atoms with Crippen LogP contribution in [-0.4, -0.2) is 37.1 Å². The molecule has 2 heterocycles. The van der Waals surface area contributed by atoms with Crippen molar-refractivity contribution in [3.63, 3.8) is 0 Å². The van der Waals surface area contributed by atoms with Gasteiger partial charge in [-0.1, -0.05) is 6.07 Å². The molecule has 2 rings (SSSR count). The summed E-state index contributed by atoms with van der Waals surface area (Å²) >= 11 is 0. The molecular formula is C12H11N3O4Zn. The number of hydrogen-bond acceptors (Lipinski definition) is 4. The summed E-state index contributed by atoms with van der Waals surface area (Å²) in [4.78, 5) is 30.2. The Hall–Kier alpha value is -2.34. The van der Waals surface area contributed by atoms with Gasteiger partial charge in [0.05, 0.1) is 12.0 Å². The molecule has 2 aromatic heterocycles. The van der Waals surface area contributed by atoms with Crippen molar-refractivity contribution >= 4 is 18.0 Å². The van der Waals surface area contributed by atoms with Gasteiger partial charge in [-0.15, -0.1) is 0 Å². The molecule has 0 bridgehead atoms. The molecule has 8 heteroatoms. The van der Waals surface area contributed by atoms with Gasteiger partial charge in [0.15, 0.2) is 0 Å². The van der Waals surface area contributed by atoms with Crippen LogP contribution in [0.2, 0.25) is 0 Å². The second-order valence-corrected chi connectivity index (χ2v) is 3.19. The van der Waals surface area contributed by atoms with E-state index < -0.39 is 11.9 Å². The number of aromatic amines is 1. The number of carbonyl (C=O) groups is 2. The second-order valence-electron chi connectivity index (χ2n) is 3.19. The van der Waals surface area contributed by atoms with Gasteiger partial charge in [0, 0.05) is 37.9 Å². The van der Waals surface area contributed by atoms with Gasteiger partial charge in [-0.25, -0.2) is 19.6 Å². The third kappa shape index (κ3) is 7.18. The van der Waals surface area contributed by atoms with Crippen molar-refractivity contribution in [1.82, 2.24) is 15.0 Å². The van der Waals surface area contributed by atoms with Crippen molar-refractivity contribution in [2.75, 3.05) is 0 Å². The molecular weight excluding hydrogens is 316 g/mol. The molecule has 0 radical (unpaired) electrons. The minimum atomic E-state index is -0.990. The molecule has 0 saturated carbocycles. The van der Waals surface area contributed by atoms with E-state index in [0.717, 1.165) is 6.08 Å². The smallest absolute Gasteiger partial charge is 0.354 e. The fraction of sp³-hybridized carbons (Fsp3) is 0. The summed E-state index contributed by atoms with van der Waals surface area (Å²) in [6.07, 6.45) is 7.00. The zero-order valence-corrected chi connectivity index (χ0v) is 13.4. The predicted molar refractivity (Wildman–Crippen MR) is 66.5 cm³/mol. The molecule has 3 N–H and O–H groups in total. The number of aliphatic carboxylic acids is 1. The first-order valence-corrected chi connectivity index (χ1v) is 5.13. The Morgan fingerprint density at radius 1 is 1.20 bits per heavy atom. The predicted octanol–water partition coefficient (Wildman–Crippen LogP) is 1.28. The maximum atomic E-state index is 10.1. The number of pyridine rings is 1. The van der Waals surface area contributed by atoms with Crippen LogP contribution in [0.25, 0.3) is 6.08 Å². The van der Waals surface area contributed by atoms with Crippen LogP contribution in [0.4, 0.5) is 0 Å². The molecule has 0 aliphatic carbocycles. The van der Waals surface area contributed by atoms with E-state index in [1.54, 1.807) is 18.3 Å². The van der Waals surface area contributed by atoms with Crippen molar-refractivity contribution in [1.29, 1.82) is 0 Å². The molecule has 0 aliphatic rings. The Bertz CT molecular complexity index is 555. The van der Waals surface area contributed by atoms with Gasteiger partial charge in [0.2, 0.25) is 0 Å². The summed E-state index contributed by atoms with van der Waals surface area (Å²) in [6.45, 7) is 0. The van der Waals surface area contributed by atoms with E-state index in [4.69, 9.17) is 10.2 Å². The van der Waals surface area contributed by atoms with Crippen molar-refractivity contribution in [3.05, 3.63) is 54.4 Å². The molecule has 0 amide bonds. The number of carboxylic acid groups (broad SMARTS) is 2. The summed E-state index contributed by atoms with van der Waals surface area (Å²) in [5.74, 6) is -1.96. The number of imidazole rings is 1. The average Bonchev–Trinajstić information content (AvgIpc) is 2.91. The molecule has 0 spiro atoms. The zero-order chi connectivity index (χ0) is 14.1. The first-order chi connectivity index (χ1) is 9.09. The monoisotopic (exact) mass is 325 g/mol.